The van der Waals surface area contributed by atoms with Crippen LogP contribution in [0.3, 0.4) is 0 Å². The number of rotatable bonds is 8. The monoisotopic (exact) mass is 365 g/mol. The van der Waals surface area contributed by atoms with Crippen LogP contribution in [-0.4, -0.2) is 27.3 Å². The van der Waals surface area contributed by atoms with Gasteiger partial charge in [0.25, 0.3) is 0 Å². The van der Waals surface area contributed by atoms with Crippen LogP contribution in [0, 0.1) is 0 Å². The number of nitrogens with one attached hydrogen (secondary N) is 1. The Bertz CT molecular complexity index is 546. The molecule has 0 spiro atoms. The summed E-state index contributed by atoms with van der Waals surface area (Å²) in [4.78, 5) is 0. The molecule has 0 bridgehead atoms. The Morgan fingerprint density at radius 2 is 1.41 bits per heavy atom. The Morgan fingerprint density at radius 3 is 2.05 bits per heavy atom. The van der Waals surface area contributed by atoms with Crippen molar-refractivity contribution < 1.29 is 9.47 Å². The lowest BCUT2D eigenvalue weighted by Crippen LogP contribution is -2.20. The number of benzene rings is 2. The third kappa shape index (κ3) is 5.70. The molecule has 0 unspecified atom stereocenters. The number of methoxy groups -OCH3 is 2. The van der Waals surface area contributed by atoms with Crippen molar-refractivity contribution >= 4 is 17.0 Å². The molecular formula is C18H24BrNO2. The molecule has 22 heavy (non-hydrogen) atoms. The fourth-order valence-corrected chi connectivity index (χ4v) is 2.27. The van der Waals surface area contributed by atoms with E-state index >= 15 is 0 Å². The normalized spacial score (nSPS) is 9.91. The Hall–Kier alpha value is -1.52. The van der Waals surface area contributed by atoms with Crippen molar-refractivity contribution in [2.45, 2.75) is 12.8 Å². The summed E-state index contributed by atoms with van der Waals surface area (Å²) < 4.78 is 10.6. The predicted molar refractivity (Wildman–Crippen MR) is 96.6 cm³/mol. The number of hydrogen-bond acceptors (Lipinski definition) is 3. The average molecular weight is 366 g/mol. The minimum absolute atomic E-state index is 0. The third-order valence-electron chi connectivity index (χ3n) is 3.47. The van der Waals surface area contributed by atoms with Gasteiger partial charge in [-0.3, -0.25) is 0 Å². The zero-order chi connectivity index (χ0) is 14.9. The lowest BCUT2D eigenvalue weighted by atomic mass is 10.1. The molecule has 0 amide bonds. The fourth-order valence-electron chi connectivity index (χ4n) is 2.27. The molecule has 2 rings (SSSR count). The van der Waals surface area contributed by atoms with Gasteiger partial charge in [0.2, 0.25) is 0 Å². The Labute approximate surface area is 143 Å². The summed E-state index contributed by atoms with van der Waals surface area (Å²) in [6, 6.07) is 16.6. The second-order valence-corrected chi connectivity index (χ2v) is 4.92. The summed E-state index contributed by atoms with van der Waals surface area (Å²) in [5.74, 6) is 1.57. The quantitative estimate of drug-likeness (QED) is 0.724. The maximum atomic E-state index is 5.32. The van der Waals surface area contributed by atoms with E-state index in [2.05, 4.69) is 35.6 Å². The van der Waals surface area contributed by atoms with Crippen molar-refractivity contribution in [3.8, 4) is 11.5 Å². The maximum absolute atomic E-state index is 5.32. The summed E-state index contributed by atoms with van der Waals surface area (Å²) in [6.45, 7) is 1.96. The van der Waals surface area contributed by atoms with E-state index in [9.17, 15) is 0 Å². The summed E-state index contributed by atoms with van der Waals surface area (Å²) in [6.07, 6.45) is 2.04. The van der Waals surface area contributed by atoms with Gasteiger partial charge >= 0.3 is 0 Å². The van der Waals surface area contributed by atoms with Gasteiger partial charge in [-0.05, 0) is 49.2 Å². The molecule has 3 nitrogen and oxygen atoms in total. The van der Waals surface area contributed by atoms with E-state index in [1.807, 2.05) is 18.2 Å². The van der Waals surface area contributed by atoms with Gasteiger partial charge in [-0.1, -0.05) is 36.4 Å². The van der Waals surface area contributed by atoms with Crippen molar-refractivity contribution in [1.82, 2.24) is 5.32 Å². The molecule has 0 aromatic heterocycles. The zero-order valence-corrected chi connectivity index (χ0v) is 14.9. The molecule has 0 aliphatic heterocycles. The molecule has 0 atom stereocenters. The zero-order valence-electron chi connectivity index (χ0n) is 13.2. The molecule has 0 heterocycles. The first-order valence-electron chi connectivity index (χ1n) is 7.29. The molecule has 0 fully saturated rings. The van der Waals surface area contributed by atoms with E-state index in [4.69, 9.17) is 9.47 Å². The van der Waals surface area contributed by atoms with Gasteiger partial charge < -0.3 is 14.8 Å². The van der Waals surface area contributed by atoms with Crippen molar-refractivity contribution in [2.24, 2.45) is 0 Å². The Morgan fingerprint density at radius 1 is 0.773 bits per heavy atom. The van der Waals surface area contributed by atoms with E-state index in [1.54, 1.807) is 14.2 Å². The van der Waals surface area contributed by atoms with Crippen molar-refractivity contribution in [1.29, 1.82) is 0 Å². The number of ether oxygens (including phenoxy) is 2. The smallest absolute Gasteiger partial charge is 0.160 e. The Balaban J connectivity index is 0.00000242. The molecule has 0 saturated carbocycles. The van der Waals surface area contributed by atoms with Gasteiger partial charge in [-0.15, -0.1) is 17.0 Å². The lowest BCUT2D eigenvalue weighted by Gasteiger charge is -2.10. The van der Waals surface area contributed by atoms with Crippen molar-refractivity contribution in [3.05, 3.63) is 59.7 Å². The minimum Gasteiger partial charge on any atom is -0.493 e. The van der Waals surface area contributed by atoms with E-state index in [0.717, 1.165) is 37.4 Å². The molecule has 120 valence electrons. The highest BCUT2D eigenvalue weighted by molar-refractivity contribution is 8.93. The van der Waals surface area contributed by atoms with Crippen molar-refractivity contribution in [2.75, 3.05) is 27.3 Å². The maximum Gasteiger partial charge on any atom is 0.160 e. The fraction of sp³-hybridized carbons (Fsp3) is 0.333. The van der Waals surface area contributed by atoms with Crippen LogP contribution in [-0.2, 0) is 12.8 Å². The summed E-state index contributed by atoms with van der Waals surface area (Å²) in [5.41, 5.74) is 2.62. The SMILES string of the molecule is Br.COc1ccc(CCNCCc2ccccc2)cc1OC. The topological polar surface area (TPSA) is 30.5 Å². The van der Waals surface area contributed by atoms with Crippen LogP contribution >= 0.6 is 17.0 Å². The molecule has 4 heteroatoms. The van der Waals surface area contributed by atoms with Gasteiger partial charge in [0.05, 0.1) is 14.2 Å². The van der Waals surface area contributed by atoms with Gasteiger partial charge in [-0.25, -0.2) is 0 Å². The molecule has 2 aromatic rings. The van der Waals surface area contributed by atoms with Gasteiger partial charge in [0.15, 0.2) is 11.5 Å². The molecule has 0 radical (unpaired) electrons. The summed E-state index contributed by atoms with van der Waals surface area (Å²) >= 11 is 0. The van der Waals surface area contributed by atoms with Crippen LogP contribution in [0.5, 0.6) is 11.5 Å². The number of halogens is 1. The second-order valence-electron chi connectivity index (χ2n) is 4.92. The molecule has 0 aliphatic carbocycles. The molecule has 1 N–H and O–H groups in total. The first kappa shape index (κ1) is 18.5. The second kappa shape index (κ2) is 10.2. The standard InChI is InChI=1S/C18H23NO2.BrH/c1-20-17-9-8-16(14-18(17)21-2)11-13-19-12-10-15-6-4-3-5-7-15;/h3-9,14,19H,10-13H2,1-2H3;1H. The van der Waals surface area contributed by atoms with E-state index in [1.165, 1.54) is 11.1 Å². The van der Waals surface area contributed by atoms with Crippen LogP contribution in [0.1, 0.15) is 11.1 Å². The summed E-state index contributed by atoms with van der Waals surface area (Å²) in [7, 11) is 3.32. The highest BCUT2D eigenvalue weighted by atomic mass is 79.9. The van der Waals surface area contributed by atoms with E-state index in [-0.39, 0.29) is 17.0 Å². The first-order chi connectivity index (χ1) is 10.3. The van der Waals surface area contributed by atoms with Crippen molar-refractivity contribution in [3.63, 3.8) is 0 Å². The van der Waals surface area contributed by atoms with Gasteiger partial charge in [0.1, 0.15) is 0 Å². The molecule has 2 aromatic carbocycles. The van der Waals surface area contributed by atoms with Crippen LogP contribution < -0.4 is 14.8 Å². The number of hydrogen-bond donors (Lipinski definition) is 1. The molecule has 0 aliphatic rings. The van der Waals surface area contributed by atoms with Gasteiger partial charge in [-0.2, -0.15) is 0 Å². The van der Waals surface area contributed by atoms with Gasteiger partial charge in [0, 0.05) is 0 Å². The Kier molecular flexibility index (Phi) is 8.63. The predicted octanol–water partition coefficient (Wildman–Crippen LogP) is 3.66. The van der Waals surface area contributed by atoms with E-state index in [0.29, 0.717) is 0 Å². The van der Waals surface area contributed by atoms with Crippen LogP contribution in [0.2, 0.25) is 0 Å². The van der Waals surface area contributed by atoms with Crippen LogP contribution in [0.4, 0.5) is 0 Å². The van der Waals surface area contributed by atoms with Crippen LogP contribution in [0.25, 0.3) is 0 Å². The van der Waals surface area contributed by atoms with E-state index < -0.39 is 0 Å². The minimum atomic E-state index is 0. The summed E-state index contributed by atoms with van der Waals surface area (Å²) in [5, 5.41) is 3.48. The molecule has 0 saturated heterocycles. The highest BCUT2D eigenvalue weighted by Gasteiger charge is 2.04. The van der Waals surface area contributed by atoms with Crippen LogP contribution in [0.15, 0.2) is 48.5 Å². The largest absolute Gasteiger partial charge is 0.493 e. The lowest BCUT2D eigenvalue weighted by molar-refractivity contribution is 0.354. The average Bonchev–Trinajstić information content (AvgIpc) is 2.55. The third-order valence-corrected chi connectivity index (χ3v) is 3.47. The first-order valence-corrected chi connectivity index (χ1v) is 7.29. The highest BCUT2D eigenvalue weighted by Crippen LogP contribution is 2.27. The molecular weight excluding hydrogens is 342 g/mol.